The SMILES string of the molecule is O=C(O)N1CCN(Cc2ccccc2)[C@H](COc2ccccn2)C1. The molecule has 1 amide bonds. The predicted octanol–water partition coefficient (Wildman–Crippen LogP) is 2.32. The number of nitrogens with zero attached hydrogens (tertiary/aromatic N) is 3. The van der Waals surface area contributed by atoms with Crippen LogP contribution in [0.1, 0.15) is 5.56 Å². The van der Waals surface area contributed by atoms with Crippen molar-refractivity contribution in [3.8, 4) is 5.88 Å². The second-order valence-corrected chi connectivity index (χ2v) is 5.82. The van der Waals surface area contributed by atoms with Gasteiger partial charge in [-0.05, 0) is 11.6 Å². The molecule has 0 bridgehead atoms. The molecule has 1 saturated heterocycles. The van der Waals surface area contributed by atoms with Crippen molar-refractivity contribution in [3.05, 3.63) is 60.3 Å². The molecule has 1 aliphatic rings. The fourth-order valence-corrected chi connectivity index (χ4v) is 2.86. The molecule has 24 heavy (non-hydrogen) atoms. The lowest BCUT2D eigenvalue weighted by Gasteiger charge is -2.40. The predicted molar refractivity (Wildman–Crippen MR) is 90.0 cm³/mol. The first-order chi connectivity index (χ1) is 11.7. The van der Waals surface area contributed by atoms with E-state index in [-0.39, 0.29) is 6.04 Å². The lowest BCUT2D eigenvalue weighted by atomic mass is 10.1. The summed E-state index contributed by atoms with van der Waals surface area (Å²) in [5.74, 6) is 0.560. The quantitative estimate of drug-likeness (QED) is 0.913. The number of benzene rings is 1. The molecule has 1 fully saturated rings. The Kier molecular flexibility index (Phi) is 5.28. The molecule has 1 atom stereocenters. The third-order valence-corrected chi connectivity index (χ3v) is 4.17. The van der Waals surface area contributed by atoms with E-state index in [2.05, 4.69) is 22.0 Å². The minimum Gasteiger partial charge on any atom is -0.476 e. The van der Waals surface area contributed by atoms with Crippen LogP contribution in [-0.2, 0) is 6.54 Å². The van der Waals surface area contributed by atoms with Crippen molar-refractivity contribution in [1.82, 2.24) is 14.8 Å². The van der Waals surface area contributed by atoms with E-state index < -0.39 is 6.09 Å². The van der Waals surface area contributed by atoms with Crippen LogP contribution in [0.2, 0.25) is 0 Å². The van der Waals surface area contributed by atoms with E-state index in [1.165, 1.54) is 10.5 Å². The molecule has 0 unspecified atom stereocenters. The minimum absolute atomic E-state index is 0.00272. The largest absolute Gasteiger partial charge is 0.476 e. The summed E-state index contributed by atoms with van der Waals surface area (Å²) >= 11 is 0. The number of amides is 1. The maximum atomic E-state index is 11.3. The van der Waals surface area contributed by atoms with Gasteiger partial charge < -0.3 is 14.7 Å². The molecule has 2 heterocycles. The van der Waals surface area contributed by atoms with Crippen molar-refractivity contribution >= 4 is 6.09 Å². The number of pyridine rings is 1. The van der Waals surface area contributed by atoms with Crippen LogP contribution >= 0.6 is 0 Å². The van der Waals surface area contributed by atoms with E-state index in [4.69, 9.17) is 4.74 Å². The van der Waals surface area contributed by atoms with Crippen LogP contribution in [-0.4, -0.2) is 58.3 Å². The van der Waals surface area contributed by atoms with Crippen molar-refractivity contribution in [3.63, 3.8) is 0 Å². The standard InChI is InChI=1S/C18H21N3O3/c22-18(23)21-11-10-20(12-15-6-2-1-3-7-15)16(13-21)14-24-17-8-4-5-9-19-17/h1-9,16H,10-14H2,(H,22,23)/t16-/m0/s1. The number of piperazine rings is 1. The Labute approximate surface area is 141 Å². The third-order valence-electron chi connectivity index (χ3n) is 4.17. The van der Waals surface area contributed by atoms with Gasteiger partial charge in [0.1, 0.15) is 6.61 Å². The Balaban J connectivity index is 1.67. The zero-order valence-corrected chi connectivity index (χ0v) is 13.4. The molecule has 0 radical (unpaired) electrons. The number of hydrogen-bond acceptors (Lipinski definition) is 4. The summed E-state index contributed by atoms with van der Waals surface area (Å²) < 4.78 is 5.77. The molecule has 1 aliphatic heterocycles. The van der Waals surface area contributed by atoms with Crippen molar-refractivity contribution in [2.75, 3.05) is 26.2 Å². The minimum atomic E-state index is -0.878. The maximum absolute atomic E-state index is 11.3. The van der Waals surface area contributed by atoms with Gasteiger partial charge in [-0.1, -0.05) is 36.4 Å². The monoisotopic (exact) mass is 327 g/mol. The highest BCUT2D eigenvalue weighted by molar-refractivity contribution is 5.65. The highest BCUT2D eigenvalue weighted by Crippen LogP contribution is 2.16. The van der Waals surface area contributed by atoms with E-state index in [0.717, 1.165) is 6.54 Å². The fourth-order valence-electron chi connectivity index (χ4n) is 2.86. The van der Waals surface area contributed by atoms with E-state index in [1.807, 2.05) is 30.3 Å². The maximum Gasteiger partial charge on any atom is 0.407 e. The van der Waals surface area contributed by atoms with E-state index in [0.29, 0.717) is 32.1 Å². The first-order valence-electron chi connectivity index (χ1n) is 8.02. The molecule has 3 rings (SSSR count). The van der Waals surface area contributed by atoms with Gasteiger partial charge in [0.2, 0.25) is 5.88 Å². The Morgan fingerprint density at radius 2 is 1.96 bits per heavy atom. The van der Waals surface area contributed by atoms with Crippen molar-refractivity contribution < 1.29 is 14.6 Å². The van der Waals surface area contributed by atoms with Gasteiger partial charge in [-0.2, -0.15) is 0 Å². The van der Waals surface area contributed by atoms with Crippen LogP contribution < -0.4 is 4.74 Å². The van der Waals surface area contributed by atoms with Crippen molar-refractivity contribution in [1.29, 1.82) is 0 Å². The second-order valence-electron chi connectivity index (χ2n) is 5.82. The summed E-state index contributed by atoms with van der Waals surface area (Å²) in [7, 11) is 0. The summed E-state index contributed by atoms with van der Waals surface area (Å²) in [5.41, 5.74) is 1.21. The topological polar surface area (TPSA) is 65.9 Å². The van der Waals surface area contributed by atoms with Crippen LogP contribution in [0, 0.1) is 0 Å². The van der Waals surface area contributed by atoms with E-state index in [9.17, 15) is 9.90 Å². The highest BCUT2D eigenvalue weighted by atomic mass is 16.5. The lowest BCUT2D eigenvalue weighted by Crippen LogP contribution is -2.56. The molecule has 126 valence electrons. The normalized spacial score (nSPS) is 18.3. The van der Waals surface area contributed by atoms with E-state index in [1.54, 1.807) is 12.3 Å². The number of carboxylic acid groups (broad SMARTS) is 1. The van der Waals surface area contributed by atoms with E-state index >= 15 is 0 Å². The molecule has 6 nitrogen and oxygen atoms in total. The number of hydrogen-bond donors (Lipinski definition) is 1. The highest BCUT2D eigenvalue weighted by Gasteiger charge is 2.30. The van der Waals surface area contributed by atoms with Crippen LogP contribution in [0.3, 0.4) is 0 Å². The summed E-state index contributed by atoms with van der Waals surface area (Å²) in [6, 6.07) is 15.7. The average Bonchev–Trinajstić information content (AvgIpc) is 2.62. The smallest absolute Gasteiger partial charge is 0.407 e. The van der Waals surface area contributed by atoms with Crippen LogP contribution in [0.5, 0.6) is 5.88 Å². The first-order valence-corrected chi connectivity index (χ1v) is 8.02. The lowest BCUT2D eigenvalue weighted by molar-refractivity contribution is 0.0412. The van der Waals surface area contributed by atoms with Gasteiger partial charge in [0.15, 0.2) is 0 Å². The van der Waals surface area contributed by atoms with Crippen LogP contribution in [0.4, 0.5) is 4.79 Å². The summed E-state index contributed by atoms with van der Waals surface area (Å²) in [5, 5.41) is 9.27. The van der Waals surface area contributed by atoms with Crippen LogP contribution in [0.25, 0.3) is 0 Å². The molecule has 0 aliphatic carbocycles. The van der Waals surface area contributed by atoms with Gasteiger partial charge in [-0.25, -0.2) is 9.78 Å². The molecule has 1 aromatic heterocycles. The van der Waals surface area contributed by atoms with Gasteiger partial charge in [-0.15, -0.1) is 0 Å². The van der Waals surface area contributed by atoms with Gasteiger partial charge in [-0.3, -0.25) is 4.90 Å². The molecule has 0 spiro atoms. The second kappa shape index (κ2) is 7.79. The number of carbonyl (C=O) groups is 1. The first kappa shape index (κ1) is 16.3. The summed E-state index contributed by atoms with van der Waals surface area (Å²) in [4.78, 5) is 19.2. The molecule has 1 N–H and O–H groups in total. The number of rotatable bonds is 5. The Morgan fingerprint density at radius 3 is 2.67 bits per heavy atom. The van der Waals surface area contributed by atoms with Crippen molar-refractivity contribution in [2.45, 2.75) is 12.6 Å². The summed E-state index contributed by atoms with van der Waals surface area (Å²) in [6.07, 6.45) is 0.804. The van der Waals surface area contributed by atoms with Gasteiger partial charge >= 0.3 is 6.09 Å². The summed E-state index contributed by atoms with van der Waals surface area (Å²) in [6.45, 7) is 2.84. The average molecular weight is 327 g/mol. The molecular weight excluding hydrogens is 306 g/mol. The van der Waals surface area contributed by atoms with Gasteiger partial charge in [0.05, 0.1) is 6.04 Å². The zero-order valence-electron chi connectivity index (χ0n) is 13.4. The third kappa shape index (κ3) is 4.23. The Hall–Kier alpha value is -2.60. The Bertz CT molecular complexity index is 651. The zero-order chi connectivity index (χ0) is 16.8. The fraction of sp³-hybridized carbons (Fsp3) is 0.333. The van der Waals surface area contributed by atoms with Gasteiger partial charge in [0.25, 0.3) is 0 Å². The van der Waals surface area contributed by atoms with Crippen LogP contribution in [0.15, 0.2) is 54.7 Å². The van der Waals surface area contributed by atoms with Gasteiger partial charge in [0, 0.05) is 38.4 Å². The van der Waals surface area contributed by atoms with Crippen molar-refractivity contribution in [2.24, 2.45) is 0 Å². The number of ether oxygens (including phenoxy) is 1. The molecular formula is C18H21N3O3. The number of aromatic nitrogens is 1. The molecule has 1 aromatic carbocycles. The Morgan fingerprint density at radius 1 is 1.17 bits per heavy atom. The molecule has 0 saturated carbocycles. The molecule has 6 heteroatoms. The molecule has 2 aromatic rings.